The van der Waals surface area contributed by atoms with E-state index in [0.29, 0.717) is 27.6 Å². The number of ether oxygens (including phenoxy) is 1. The number of nitrogens with zero attached hydrogens (tertiary/aromatic N) is 4. The number of hydrogen-bond acceptors (Lipinski definition) is 8. The Bertz CT molecular complexity index is 1470. The fraction of sp³-hybridized carbons (Fsp3) is 0.0909. The summed E-state index contributed by atoms with van der Waals surface area (Å²) in [6.07, 6.45) is 0. The second-order valence-electron chi connectivity index (χ2n) is 7.09. The van der Waals surface area contributed by atoms with E-state index >= 15 is 0 Å². The molecule has 3 aromatic carbocycles. The Morgan fingerprint density at radius 2 is 1.77 bits per heavy atom. The zero-order valence-corrected chi connectivity index (χ0v) is 19.6. The summed E-state index contributed by atoms with van der Waals surface area (Å²) in [5, 5.41) is 25.2. The van der Waals surface area contributed by atoms with Gasteiger partial charge in [-0.15, -0.1) is 0 Å². The van der Waals surface area contributed by atoms with Gasteiger partial charge < -0.3 is 10.1 Å². The molecule has 0 aliphatic rings. The summed E-state index contributed by atoms with van der Waals surface area (Å²) in [6.45, 7) is 0. The van der Waals surface area contributed by atoms with E-state index in [-0.39, 0.29) is 27.8 Å². The van der Waals surface area contributed by atoms with Crippen LogP contribution in [-0.2, 0) is 4.79 Å². The molecule has 0 atom stereocenters. The normalized spacial score (nSPS) is 10.8. The second-order valence-corrected chi connectivity index (χ2v) is 8.44. The first-order valence-corrected chi connectivity index (χ1v) is 11.3. The van der Waals surface area contributed by atoms with E-state index in [1.807, 2.05) is 12.1 Å². The first-order valence-electron chi connectivity index (χ1n) is 9.95. The van der Waals surface area contributed by atoms with Gasteiger partial charge in [0, 0.05) is 24.3 Å². The Morgan fingerprint density at radius 3 is 2.46 bits per heavy atom. The van der Waals surface area contributed by atoms with Crippen LogP contribution in [0.15, 0.2) is 65.8 Å². The number of benzene rings is 3. The second kappa shape index (κ2) is 9.99. The molecule has 0 aliphatic heterocycles. The van der Waals surface area contributed by atoms with Crippen LogP contribution >= 0.6 is 23.4 Å². The molecule has 0 spiro atoms. The van der Waals surface area contributed by atoms with Crippen LogP contribution in [0.1, 0.15) is 0 Å². The van der Waals surface area contributed by atoms with Crippen molar-refractivity contribution in [1.82, 2.24) is 9.55 Å². The monoisotopic (exact) mass is 513 g/mol. The highest BCUT2D eigenvalue weighted by Crippen LogP contribution is 2.34. The Kier molecular flexibility index (Phi) is 6.85. The first-order chi connectivity index (χ1) is 16.8. The van der Waals surface area contributed by atoms with Crippen LogP contribution in [0.25, 0.3) is 16.7 Å². The SMILES string of the molecule is COc1ccccc1-n1c(SCC(=O)Nc2ccc([N+](=O)[O-])cc2Cl)nc2cc([N+](=O)[O-])ccc21. The molecule has 35 heavy (non-hydrogen) atoms. The van der Waals surface area contributed by atoms with Crippen LogP contribution in [0.3, 0.4) is 0 Å². The number of nitro groups is 2. The van der Waals surface area contributed by atoms with Gasteiger partial charge in [-0.2, -0.15) is 0 Å². The maximum absolute atomic E-state index is 12.6. The van der Waals surface area contributed by atoms with Crippen LogP contribution in [0, 0.1) is 20.2 Å². The van der Waals surface area contributed by atoms with Crippen LogP contribution in [0.5, 0.6) is 5.75 Å². The highest BCUT2D eigenvalue weighted by atomic mass is 35.5. The molecule has 1 N–H and O–H groups in total. The summed E-state index contributed by atoms with van der Waals surface area (Å²) < 4.78 is 7.23. The first kappa shape index (κ1) is 24.0. The summed E-state index contributed by atoms with van der Waals surface area (Å²) in [5.41, 5.74) is 1.56. The summed E-state index contributed by atoms with van der Waals surface area (Å²) in [5.74, 6) is 0.0536. The largest absolute Gasteiger partial charge is 0.495 e. The third-order valence-electron chi connectivity index (χ3n) is 4.91. The van der Waals surface area contributed by atoms with E-state index in [1.165, 1.54) is 31.4 Å². The highest BCUT2D eigenvalue weighted by Gasteiger charge is 2.20. The van der Waals surface area contributed by atoms with Crippen molar-refractivity contribution in [1.29, 1.82) is 0 Å². The van der Waals surface area contributed by atoms with Crippen molar-refractivity contribution in [3.05, 3.63) is 85.9 Å². The van der Waals surface area contributed by atoms with Crippen LogP contribution in [0.2, 0.25) is 5.02 Å². The highest BCUT2D eigenvalue weighted by molar-refractivity contribution is 7.99. The van der Waals surface area contributed by atoms with Gasteiger partial charge in [0.15, 0.2) is 5.16 Å². The lowest BCUT2D eigenvalue weighted by molar-refractivity contribution is -0.385. The summed E-state index contributed by atoms with van der Waals surface area (Å²) >= 11 is 7.16. The number of nitro benzene ring substituents is 2. The number of halogens is 1. The maximum Gasteiger partial charge on any atom is 0.271 e. The molecule has 1 amide bonds. The number of aromatic nitrogens is 2. The molecular weight excluding hydrogens is 498 g/mol. The lowest BCUT2D eigenvalue weighted by atomic mass is 10.2. The molecule has 1 aromatic heterocycles. The molecular formula is C22H16ClN5O6S. The molecule has 11 nitrogen and oxygen atoms in total. The number of non-ortho nitro benzene ring substituents is 2. The van der Waals surface area contributed by atoms with Gasteiger partial charge >= 0.3 is 0 Å². The van der Waals surface area contributed by atoms with Crippen molar-refractivity contribution in [3.63, 3.8) is 0 Å². The van der Waals surface area contributed by atoms with Gasteiger partial charge in [-0.05, 0) is 24.3 Å². The molecule has 0 unspecified atom stereocenters. The minimum Gasteiger partial charge on any atom is -0.495 e. The zero-order valence-electron chi connectivity index (χ0n) is 18.0. The molecule has 4 rings (SSSR count). The molecule has 0 bridgehead atoms. The topological polar surface area (TPSA) is 142 Å². The number of para-hydroxylation sites is 2. The standard InChI is InChI=1S/C22H16ClN5O6S/c1-34-20-5-3-2-4-19(20)26-18-9-7-14(28(32)33)11-17(18)25-22(26)35-12-21(29)24-16-8-6-13(27(30)31)10-15(16)23/h2-11H,12H2,1H3,(H,24,29). The number of anilines is 1. The van der Waals surface area contributed by atoms with Crippen molar-refractivity contribution in [2.45, 2.75) is 5.16 Å². The van der Waals surface area contributed by atoms with Gasteiger partial charge in [0.05, 0.1) is 50.1 Å². The van der Waals surface area contributed by atoms with Gasteiger partial charge in [0.25, 0.3) is 11.4 Å². The quantitative estimate of drug-likeness (QED) is 0.191. The average Bonchev–Trinajstić information content (AvgIpc) is 3.21. The van der Waals surface area contributed by atoms with E-state index in [0.717, 1.165) is 17.8 Å². The average molecular weight is 514 g/mol. The fourth-order valence-electron chi connectivity index (χ4n) is 3.34. The third kappa shape index (κ3) is 5.03. The molecule has 1 heterocycles. The van der Waals surface area contributed by atoms with Crippen LogP contribution in [0.4, 0.5) is 17.1 Å². The van der Waals surface area contributed by atoms with Crippen molar-refractivity contribution in [2.75, 3.05) is 18.2 Å². The minimum atomic E-state index is -0.583. The minimum absolute atomic E-state index is 0.0334. The van der Waals surface area contributed by atoms with Crippen molar-refractivity contribution >= 4 is 57.4 Å². The number of carbonyl (C=O) groups is 1. The molecule has 0 radical (unpaired) electrons. The number of amides is 1. The number of methoxy groups -OCH3 is 1. The lowest BCUT2D eigenvalue weighted by Gasteiger charge is -2.13. The van der Waals surface area contributed by atoms with E-state index in [4.69, 9.17) is 16.3 Å². The molecule has 0 saturated carbocycles. The zero-order chi connectivity index (χ0) is 25.1. The lowest BCUT2D eigenvalue weighted by Crippen LogP contribution is -2.15. The molecule has 0 saturated heterocycles. The summed E-state index contributed by atoms with van der Waals surface area (Å²) in [4.78, 5) is 38.1. The molecule has 0 fully saturated rings. The summed E-state index contributed by atoms with van der Waals surface area (Å²) in [7, 11) is 1.52. The molecule has 4 aromatic rings. The predicted octanol–water partition coefficient (Wildman–Crippen LogP) is 5.23. The van der Waals surface area contributed by atoms with Gasteiger partial charge in [-0.3, -0.25) is 29.6 Å². The molecule has 0 aliphatic carbocycles. The van der Waals surface area contributed by atoms with E-state index < -0.39 is 15.8 Å². The van der Waals surface area contributed by atoms with Gasteiger partial charge in [0.1, 0.15) is 5.75 Å². The van der Waals surface area contributed by atoms with E-state index in [1.54, 1.807) is 22.8 Å². The fourth-order valence-corrected chi connectivity index (χ4v) is 4.38. The van der Waals surface area contributed by atoms with Crippen molar-refractivity contribution in [2.24, 2.45) is 0 Å². The molecule has 13 heteroatoms. The Labute approximate surface area is 207 Å². The maximum atomic E-state index is 12.6. The number of fused-ring (bicyclic) bond motifs is 1. The van der Waals surface area contributed by atoms with Crippen molar-refractivity contribution in [3.8, 4) is 11.4 Å². The van der Waals surface area contributed by atoms with Crippen LogP contribution in [-0.4, -0.2) is 38.2 Å². The van der Waals surface area contributed by atoms with Gasteiger partial charge in [-0.25, -0.2) is 4.98 Å². The number of carbonyl (C=O) groups excluding carboxylic acids is 1. The smallest absolute Gasteiger partial charge is 0.271 e. The van der Waals surface area contributed by atoms with Gasteiger partial charge in [0.2, 0.25) is 5.91 Å². The molecule has 178 valence electrons. The number of thioether (sulfide) groups is 1. The number of hydrogen-bond donors (Lipinski definition) is 1. The third-order valence-corrected chi connectivity index (χ3v) is 6.17. The number of imidazole rings is 1. The summed E-state index contributed by atoms with van der Waals surface area (Å²) in [6, 6.07) is 15.3. The van der Waals surface area contributed by atoms with Crippen LogP contribution < -0.4 is 10.1 Å². The Balaban J connectivity index is 1.65. The van der Waals surface area contributed by atoms with Crippen molar-refractivity contribution < 1.29 is 19.4 Å². The Hall–Kier alpha value is -4.16. The predicted molar refractivity (Wildman–Crippen MR) is 132 cm³/mol. The van der Waals surface area contributed by atoms with E-state index in [9.17, 15) is 25.0 Å². The number of nitrogens with one attached hydrogen (secondary N) is 1. The van der Waals surface area contributed by atoms with E-state index in [2.05, 4.69) is 10.3 Å². The van der Waals surface area contributed by atoms with Gasteiger partial charge in [-0.1, -0.05) is 35.5 Å². The Morgan fingerprint density at radius 1 is 1.09 bits per heavy atom. The number of rotatable bonds is 8.